The molecular weight excluding hydrogens is 266 g/mol. The van der Waals surface area contributed by atoms with E-state index in [0.717, 1.165) is 18.5 Å². The first-order valence-corrected chi connectivity index (χ1v) is 8.79. The predicted molar refractivity (Wildman–Crippen MR) is 96.2 cm³/mol. The third-order valence-corrected chi connectivity index (χ3v) is 4.92. The van der Waals surface area contributed by atoms with E-state index in [1.54, 1.807) is 0 Å². The summed E-state index contributed by atoms with van der Waals surface area (Å²) in [6.45, 7) is 2.27. The first kappa shape index (κ1) is 15.1. The van der Waals surface area contributed by atoms with Gasteiger partial charge >= 0.3 is 0 Å². The maximum absolute atomic E-state index is 6.29. The summed E-state index contributed by atoms with van der Waals surface area (Å²) in [6, 6.07) is 13.1. The maximum Gasteiger partial charge on any atom is 0.0349 e. The van der Waals surface area contributed by atoms with E-state index < -0.39 is 0 Å². The molecule has 3 rings (SSSR count). The summed E-state index contributed by atoms with van der Waals surface area (Å²) in [7, 11) is 0. The molecule has 1 aliphatic carbocycles. The van der Waals surface area contributed by atoms with Gasteiger partial charge in [-0.2, -0.15) is 0 Å². The van der Waals surface area contributed by atoms with Crippen molar-refractivity contribution in [1.82, 2.24) is 0 Å². The third-order valence-electron chi connectivity index (χ3n) is 4.92. The van der Waals surface area contributed by atoms with Crippen molar-refractivity contribution in [2.24, 2.45) is 0 Å². The van der Waals surface area contributed by atoms with E-state index in [9.17, 15) is 0 Å². The van der Waals surface area contributed by atoms with Crippen LogP contribution in [0.2, 0.25) is 0 Å². The molecule has 0 unspecified atom stereocenters. The Kier molecular flexibility index (Phi) is 4.82. The molecular formula is C21H27N. The van der Waals surface area contributed by atoms with Crippen LogP contribution in [0, 0.1) is 0 Å². The normalized spacial score (nSPS) is 12.2. The molecule has 2 aromatic carbocycles. The van der Waals surface area contributed by atoms with Gasteiger partial charge in [-0.1, -0.05) is 69.4 Å². The third kappa shape index (κ3) is 3.04. The summed E-state index contributed by atoms with van der Waals surface area (Å²) < 4.78 is 0. The molecule has 22 heavy (non-hydrogen) atoms. The summed E-state index contributed by atoms with van der Waals surface area (Å²) in [4.78, 5) is 0. The molecule has 0 aliphatic heterocycles. The van der Waals surface area contributed by atoms with Crippen molar-refractivity contribution in [2.75, 3.05) is 5.73 Å². The van der Waals surface area contributed by atoms with Crippen LogP contribution in [0.15, 0.2) is 36.4 Å². The highest BCUT2D eigenvalue weighted by Gasteiger charge is 2.21. The average molecular weight is 293 g/mol. The molecule has 0 saturated carbocycles. The van der Waals surface area contributed by atoms with Gasteiger partial charge in [0.05, 0.1) is 0 Å². The fraction of sp³-hybridized carbons (Fsp3) is 0.429. The summed E-state index contributed by atoms with van der Waals surface area (Å²) in [6.07, 6.45) is 10.2. The van der Waals surface area contributed by atoms with Crippen molar-refractivity contribution in [3.8, 4) is 11.1 Å². The Morgan fingerprint density at radius 3 is 2.50 bits per heavy atom. The van der Waals surface area contributed by atoms with Gasteiger partial charge in [-0.15, -0.1) is 0 Å². The second-order valence-electron chi connectivity index (χ2n) is 6.51. The monoisotopic (exact) mass is 293 g/mol. The molecule has 1 aliphatic rings. The Morgan fingerprint density at radius 1 is 0.864 bits per heavy atom. The van der Waals surface area contributed by atoms with E-state index in [0.29, 0.717) is 0 Å². The maximum atomic E-state index is 6.29. The van der Waals surface area contributed by atoms with Gasteiger partial charge in [0.1, 0.15) is 0 Å². The summed E-state index contributed by atoms with van der Waals surface area (Å²) in [5, 5.41) is 0. The smallest absolute Gasteiger partial charge is 0.0349 e. The van der Waals surface area contributed by atoms with Crippen molar-refractivity contribution in [3.05, 3.63) is 53.1 Å². The lowest BCUT2D eigenvalue weighted by Crippen LogP contribution is -2.00. The standard InChI is InChI=1S/C21H27N/c1-2-3-4-5-6-7-12-19-20-15-16-10-8-9-11-17(16)18(20)13-14-21(19)22/h8-11,13-14H,2-7,12,15,22H2,1H3. The average Bonchev–Trinajstić information content (AvgIpc) is 2.91. The molecule has 0 fully saturated rings. The van der Waals surface area contributed by atoms with E-state index in [-0.39, 0.29) is 0 Å². The van der Waals surface area contributed by atoms with E-state index in [2.05, 4.69) is 43.3 Å². The summed E-state index contributed by atoms with van der Waals surface area (Å²) in [5.74, 6) is 0. The van der Waals surface area contributed by atoms with Crippen LogP contribution in [0.1, 0.15) is 62.1 Å². The zero-order valence-corrected chi connectivity index (χ0v) is 13.7. The number of benzene rings is 2. The number of fused-ring (bicyclic) bond motifs is 3. The highest BCUT2D eigenvalue weighted by molar-refractivity contribution is 5.80. The molecule has 0 atom stereocenters. The van der Waals surface area contributed by atoms with Crippen molar-refractivity contribution < 1.29 is 0 Å². The van der Waals surface area contributed by atoms with Crippen molar-refractivity contribution >= 4 is 5.69 Å². The van der Waals surface area contributed by atoms with Crippen LogP contribution < -0.4 is 5.73 Å². The zero-order chi connectivity index (χ0) is 15.4. The Morgan fingerprint density at radius 2 is 1.64 bits per heavy atom. The molecule has 2 N–H and O–H groups in total. The molecule has 116 valence electrons. The summed E-state index contributed by atoms with van der Waals surface area (Å²) in [5.41, 5.74) is 14.4. The topological polar surface area (TPSA) is 26.0 Å². The lowest BCUT2D eigenvalue weighted by Gasteiger charge is -2.12. The van der Waals surface area contributed by atoms with Gasteiger partial charge in [-0.05, 0) is 53.1 Å². The molecule has 0 heterocycles. The van der Waals surface area contributed by atoms with E-state index in [1.165, 1.54) is 66.3 Å². The quantitative estimate of drug-likeness (QED) is 0.436. The van der Waals surface area contributed by atoms with Crippen LogP contribution in [0.5, 0.6) is 0 Å². The van der Waals surface area contributed by atoms with E-state index in [1.807, 2.05) is 0 Å². The van der Waals surface area contributed by atoms with Gasteiger partial charge in [0.2, 0.25) is 0 Å². The molecule has 0 aromatic heterocycles. The highest BCUT2D eigenvalue weighted by Crippen LogP contribution is 2.40. The van der Waals surface area contributed by atoms with Crippen LogP contribution in [-0.4, -0.2) is 0 Å². The first-order valence-electron chi connectivity index (χ1n) is 8.79. The Bertz CT molecular complexity index is 642. The van der Waals surface area contributed by atoms with Gasteiger partial charge in [-0.3, -0.25) is 0 Å². The van der Waals surface area contributed by atoms with E-state index >= 15 is 0 Å². The minimum atomic E-state index is 0.986. The van der Waals surface area contributed by atoms with Gasteiger partial charge in [0.15, 0.2) is 0 Å². The van der Waals surface area contributed by atoms with Crippen LogP contribution >= 0.6 is 0 Å². The number of nitrogen functional groups attached to an aromatic ring is 1. The first-order chi connectivity index (χ1) is 10.8. The number of rotatable bonds is 7. The fourth-order valence-corrected chi connectivity index (χ4v) is 3.67. The second kappa shape index (κ2) is 7.00. The van der Waals surface area contributed by atoms with Crippen molar-refractivity contribution in [1.29, 1.82) is 0 Å². The van der Waals surface area contributed by atoms with Crippen LogP contribution in [0.4, 0.5) is 5.69 Å². The zero-order valence-electron chi connectivity index (χ0n) is 13.7. The number of nitrogens with two attached hydrogens (primary N) is 1. The Hall–Kier alpha value is -1.76. The van der Waals surface area contributed by atoms with Crippen molar-refractivity contribution in [2.45, 2.75) is 58.3 Å². The van der Waals surface area contributed by atoms with Gasteiger partial charge in [0.25, 0.3) is 0 Å². The van der Waals surface area contributed by atoms with Gasteiger partial charge < -0.3 is 5.73 Å². The molecule has 1 nitrogen and oxygen atoms in total. The molecule has 2 aromatic rings. The predicted octanol–water partition coefficient (Wildman–Crippen LogP) is 5.74. The Labute approximate surface area is 134 Å². The summed E-state index contributed by atoms with van der Waals surface area (Å²) >= 11 is 0. The SMILES string of the molecule is CCCCCCCCc1c(N)ccc2c1Cc1ccccc1-2. The second-order valence-corrected chi connectivity index (χ2v) is 6.51. The lowest BCUT2D eigenvalue weighted by molar-refractivity contribution is 0.607. The number of anilines is 1. The van der Waals surface area contributed by atoms with Gasteiger partial charge in [-0.25, -0.2) is 0 Å². The minimum Gasteiger partial charge on any atom is -0.398 e. The number of unbranched alkanes of at least 4 members (excludes halogenated alkanes) is 5. The van der Waals surface area contributed by atoms with E-state index in [4.69, 9.17) is 5.73 Å². The highest BCUT2D eigenvalue weighted by atomic mass is 14.6. The molecule has 0 spiro atoms. The van der Waals surface area contributed by atoms with Crippen LogP contribution in [0.3, 0.4) is 0 Å². The molecule has 0 bridgehead atoms. The van der Waals surface area contributed by atoms with Crippen molar-refractivity contribution in [3.63, 3.8) is 0 Å². The number of hydrogen-bond acceptors (Lipinski definition) is 1. The molecule has 0 amide bonds. The largest absolute Gasteiger partial charge is 0.398 e. The molecule has 0 saturated heterocycles. The number of hydrogen-bond donors (Lipinski definition) is 1. The van der Waals surface area contributed by atoms with Gasteiger partial charge in [0, 0.05) is 5.69 Å². The molecule has 1 heteroatoms. The molecule has 0 radical (unpaired) electrons. The minimum absolute atomic E-state index is 0.986. The fourth-order valence-electron chi connectivity index (χ4n) is 3.67. The Balaban J connectivity index is 1.71. The lowest BCUT2D eigenvalue weighted by atomic mass is 9.95. The van der Waals surface area contributed by atoms with Crippen LogP contribution in [0.25, 0.3) is 11.1 Å². The van der Waals surface area contributed by atoms with Crippen LogP contribution in [-0.2, 0) is 12.8 Å².